The standard InChI is InChI=1S/C14H22N4O3/c1-4-15-14(20)12-9-11(5-6-16-12)18-10(2)13(19)17-7-8-21-3/h5-6,9-10H,4,7-8H2,1-3H3,(H,15,20)(H,16,18)(H,17,19). The van der Waals surface area contributed by atoms with Crippen molar-refractivity contribution in [2.45, 2.75) is 19.9 Å². The molecular formula is C14H22N4O3. The first kappa shape index (κ1) is 16.9. The van der Waals surface area contributed by atoms with Gasteiger partial charge in [0.15, 0.2) is 0 Å². The van der Waals surface area contributed by atoms with Gasteiger partial charge in [-0.3, -0.25) is 14.6 Å². The maximum Gasteiger partial charge on any atom is 0.269 e. The third-order valence-electron chi connectivity index (χ3n) is 2.71. The number of hydrogen-bond donors (Lipinski definition) is 3. The van der Waals surface area contributed by atoms with Crippen LogP contribution in [0.4, 0.5) is 5.69 Å². The molecule has 2 amide bonds. The van der Waals surface area contributed by atoms with Gasteiger partial charge in [-0.05, 0) is 26.0 Å². The molecule has 1 unspecified atom stereocenters. The van der Waals surface area contributed by atoms with Crippen LogP contribution in [-0.2, 0) is 9.53 Å². The molecule has 21 heavy (non-hydrogen) atoms. The quantitative estimate of drug-likeness (QED) is 0.603. The molecule has 1 aromatic heterocycles. The Bertz CT molecular complexity index is 479. The van der Waals surface area contributed by atoms with E-state index in [9.17, 15) is 9.59 Å². The SMILES string of the molecule is CCNC(=O)c1cc(NC(C)C(=O)NCCOC)ccn1. The summed E-state index contributed by atoms with van der Waals surface area (Å²) in [5, 5.41) is 8.45. The van der Waals surface area contributed by atoms with Crippen molar-refractivity contribution in [3.63, 3.8) is 0 Å². The first-order valence-corrected chi connectivity index (χ1v) is 6.86. The average Bonchev–Trinajstić information content (AvgIpc) is 2.48. The zero-order valence-electron chi connectivity index (χ0n) is 12.6. The Labute approximate surface area is 124 Å². The lowest BCUT2D eigenvalue weighted by atomic mass is 10.2. The number of methoxy groups -OCH3 is 1. The van der Waals surface area contributed by atoms with Gasteiger partial charge in [0, 0.05) is 32.1 Å². The van der Waals surface area contributed by atoms with Crippen molar-refractivity contribution in [2.24, 2.45) is 0 Å². The first-order valence-electron chi connectivity index (χ1n) is 6.86. The van der Waals surface area contributed by atoms with Crippen molar-refractivity contribution in [1.82, 2.24) is 15.6 Å². The van der Waals surface area contributed by atoms with Crippen LogP contribution < -0.4 is 16.0 Å². The highest BCUT2D eigenvalue weighted by Crippen LogP contribution is 2.09. The number of aromatic nitrogens is 1. The molecule has 0 aliphatic heterocycles. The van der Waals surface area contributed by atoms with Gasteiger partial charge in [0.25, 0.3) is 5.91 Å². The minimum atomic E-state index is -0.425. The number of carbonyl (C=O) groups is 2. The summed E-state index contributed by atoms with van der Waals surface area (Å²) in [7, 11) is 1.58. The number of ether oxygens (including phenoxy) is 1. The Balaban J connectivity index is 2.59. The minimum absolute atomic E-state index is 0.136. The molecule has 0 radical (unpaired) electrons. The topological polar surface area (TPSA) is 92.4 Å². The Morgan fingerprint density at radius 1 is 1.38 bits per heavy atom. The first-order chi connectivity index (χ1) is 10.1. The molecule has 1 aromatic rings. The molecule has 0 saturated carbocycles. The number of pyridine rings is 1. The van der Waals surface area contributed by atoms with Crippen LogP contribution in [0.15, 0.2) is 18.3 Å². The number of rotatable bonds is 8. The van der Waals surface area contributed by atoms with Crippen molar-refractivity contribution in [1.29, 1.82) is 0 Å². The van der Waals surface area contributed by atoms with Crippen molar-refractivity contribution < 1.29 is 14.3 Å². The summed E-state index contributed by atoms with van der Waals surface area (Å²) in [5.41, 5.74) is 0.981. The monoisotopic (exact) mass is 294 g/mol. The molecule has 1 atom stereocenters. The number of nitrogens with one attached hydrogen (secondary N) is 3. The van der Waals surface area contributed by atoms with Crippen LogP contribution in [0, 0.1) is 0 Å². The Morgan fingerprint density at radius 3 is 2.81 bits per heavy atom. The number of anilines is 1. The summed E-state index contributed by atoms with van der Waals surface area (Å²) in [6, 6.07) is 2.90. The van der Waals surface area contributed by atoms with E-state index in [1.54, 1.807) is 26.2 Å². The maximum absolute atomic E-state index is 11.8. The van der Waals surface area contributed by atoms with E-state index in [0.717, 1.165) is 0 Å². The van der Waals surface area contributed by atoms with Gasteiger partial charge in [-0.1, -0.05) is 0 Å². The largest absolute Gasteiger partial charge is 0.383 e. The van der Waals surface area contributed by atoms with Gasteiger partial charge in [-0.15, -0.1) is 0 Å². The lowest BCUT2D eigenvalue weighted by molar-refractivity contribution is -0.121. The van der Waals surface area contributed by atoms with Crippen LogP contribution in [0.5, 0.6) is 0 Å². The van der Waals surface area contributed by atoms with E-state index < -0.39 is 6.04 Å². The fourth-order valence-electron chi connectivity index (χ4n) is 1.64. The highest BCUT2D eigenvalue weighted by atomic mass is 16.5. The van der Waals surface area contributed by atoms with Crippen molar-refractivity contribution in [2.75, 3.05) is 32.1 Å². The van der Waals surface area contributed by atoms with Crippen LogP contribution in [0.1, 0.15) is 24.3 Å². The minimum Gasteiger partial charge on any atom is -0.383 e. The van der Waals surface area contributed by atoms with Crippen LogP contribution in [-0.4, -0.2) is 49.6 Å². The fraction of sp³-hybridized carbons (Fsp3) is 0.500. The molecule has 1 rings (SSSR count). The molecule has 7 nitrogen and oxygen atoms in total. The van der Waals surface area contributed by atoms with E-state index in [1.807, 2.05) is 6.92 Å². The maximum atomic E-state index is 11.8. The zero-order valence-corrected chi connectivity index (χ0v) is 12.6. The smallest absolute Gasteiger partial charge is 0.269 e. The van der Waals surface area contributed by atoms with Crippen LogP contribution >= 0.6 is 0 Å². The van der Waals surface area contributed by atoms with Crippen molar-refractivity contribution >= 4 is 17.5 Å². The number of amides is 2. The molecule has 0 aliphatic rings. The number of hydrogen-bond acceptors (Lipinski definition) is 5. The summed E-state index contributed by atoms with van der Waals surface area (Å²) in [6.07, 6.45) is 1.53. The van der Waals surface area contributed by atoms with Crippen molar-refractivity contribution in [3.8, 4) is 0 Å². The predicted molar refractivity (Wildman–Crippen MR) is 80.2 cm³/mol. The van der Waals surface area contributed by atoms with E-state index in [-0.39, 0.29) is 11.8 Å². The van der Waals surface area contributed by atoms with E-state index in [4.69, 9.17) is 4.74 Å². The Hall–Kier alpha value is -2.15. The van der Waals surface area contributed by atoms with Gasteiger partial charge in [-0.2, -0.15) is 0 Å². The average molecular weight is 294 g/mol. The molecule has 0 spiro atoms. The van der Waals surface area contributed by atoms with Crippen LogP contribution in [0.3, 0.4) is 0 Å². The lowest BCUT2D eigenvalue weighted by Crippen LogP contribution is -2.39. The number of nitrogens with zero attached hydrogens (tertiary/aromatic N) is 1. The molecule has 3 N–H and O–H groups in total. The summed E-state index contributed by atoms with van der Waals surface area (Å²) in [6.45, 7) is 5.05. The fourth-order valence-corrected chi connectivity index (χ4v) is 1.64. The molecule has 0 bridgehead atoms. The third kappa shape index (κ3) is 5.78. The van der Waals surface area contributed by atoms with E-state index >= 15 is 0 Å². The van der Waals surface area contributed by atoms with E-state index in [2.05, 4.69) is 20.9 Å². The molecule has 1 heterocycles. The molecule has 0 aliphatic carbocycles. The molecule has 116 valence electrons. The summed E-state index contributed by atoms with van der Waals surface area (Å²) < 4.78 is 4.87. The van der Waals surface area contributed by atoms with Crippen LogP contribution in [0.2, 0.25) is 0 Å². The summed E-state index contributed by atoms with van der Waals surface area (Å²) >= 11 is 0. The molecular weight excluding hydrogens is 272 g/mol. The van der Waals surface area contributed by atoms with Gasteiger partial charge < -0.3 is 20.7 Å². The zero-order chi connectivity index (χ0) is 15.7. The second kappa shape index (κ2) is 8.91. The molecule has 7 heteroatoms. The predicted octanol–water partition coefficient (Wildman–Crippen LogP) is 0.394. The third-order valence-corrected chi connectivity index (χ3v) is 2.71. The molecule has 0 fully saturated rings. The second-order valence-corrected chi connectivity index (χ2v) is 4.44. The van der Waals surface area contributed by atoms with Crippen LogP contribution in [0.25, 0.3) is 0 Å². The molecule has 0 aromatic carbocycles. The van der Waals surface area contributed by atoms with E-state index in [1.165, 1.54) is 6.20 Å². The number of carbonyl (C=O) groups excluding carboxylic acids is 2. The van der Waals surface area contributed by atoms with Gasteiger partial charge in [0.2, 0.25) is 5.91 Å². The molecule has 0 saturated heterocycles. The van der Waals surface area contributed by atoms with E-state index in [0.29, 0.717) is 31.1 Å². The Kier molecular flexibility index (Phi) is 7.17. The lowest BCUT2D eigenvalue weighted by Gasteiger charge is -2.15. The van der Waals surface area contributed by atoms with Gasteiger partial charge in [-0.25, -0.2) is 0 Å². The second-order valence-electron chi connectivity index (χ2n) is 4.44. The highest BCUT2D eigenvalue weighted by Gasteiger charge is 2.13. The summed E-state index contributed by atoms with van der Waals surface area (Å²) in [5.74, 6) is -0.373. The summed E-state index contributed by atoms with van der Waals surface area (Å²) in [4.78, 5) is 27.5. The van der Waals surface area contributed by atoms with Crippen molar-refractivity contribution in [3.05, 3.63) is 24.0 Å². The highest BCUT2D eigenvalue weighted by molar-refractivity contribution is 5.93. The normalized spacial score (nSPS) is 11.6. The van der Waals surface area contributed by atoms with Gasteiger partial charge >= 0.3 is 0 Å². The Morgan fingerprint density at radius 2 is 2.14 bits per heavy atom. The van der Waals surface area contributed by atoms with Gasteiger partial charge in [0.05, 0.1) is 6.61 Å². The van der Waals surface area contributed by atoms with Gasteiger partial charge in [0.1, 0.15) is 11.7 Å².